The predicted octanol–water partition coefficient (Wildman–Crippen LogP) is 10.6. The van der Waals surface area contributed by atoms with Gasteiger partial charge in [-0.15, -0.1) is 0 Å². The molecule has 0 bridgehead atoms. The summed E-state index contributed by atoms with van der Waals surface area (Å²) < 4.78 is 9.37. The zero-order chi connectivity index (χ0) is 50.8. The largest absolute Gasteiger partial charge is 2.00 e. The van der Waals surface area contributed by atoms with E-state index in [1.54, 1.807) is 67.6 Å². The number of carboxylic acids is 1. The van der Waals surface area contributed by atoms with E-state index >= 15 is 0 Å². The van der Waals surface area contributed by atoms with Crippen LogP contribution >= 0.6 is 23.2 Å². The molecule has 4 aromatic carbocycles. The summed E-state index contributed by atoms with van der Waals surface area (Å²) in [5.74, 6) is -2.71. The molecule has 75 heavy (non-hydrogen) atoms. The summed E-state index contributed by atoms with van der Waals surface area (Å²) in [4.78, 5) is 69.2. The first kappa shape index (κ1) is 78.5. The van der Waals surface area contributed by atoms with Gasteiger partial charge in [-0.2, -0.15) is 0 Å². The molecule has 2 atom stereocenters. The van der Waals surface area contributed by atoms with Crippen LogP contribution in [0.3, 0.4) is 0 Å². The first-order valence-electron chi connectivity index (χ1n) is 22.7. The first-order valence-corrected chi connectivity index (χ1v) is 23.4. The number of amides is 3. The average molecular weight is 1250 g/mol. The van der Waals surface area contributed by atoms with Gasteiger partial charge in [0.05, 0.1) is 20.8 Å². The maximum absolute atomic E-state index is 12.1. The number of allylic oxidation sites excluding steroid dienone is 4. The predicted molar refractivity (Wildman–Crippen MR) is 294 cm³/mol. The van der Waals surface area contributed by atoms with Gasteiger partial charge in [0.15, 0.2) is 0 Å². The second kappa shape index (κ2) is 47.1. The fourth-order valence-electron chi connectivity index (χ4n) is 6.31. The molecule has 0 saturated heterocycles. The number of carbonyl (C=O) groups excluding carboxylic acids is 5. The van der Waals surface area contributed by atoms with Gasteiger partial charge in [-0.3, -0.25) is 19.2 Å². The molecule has 2 aliphatic carbocycles. The summed E-state index contributed by atoms with van der Waals surface area (Å²) in [7, 11) is 2.50. The molecule has 2 aliphatic rings. The monoisotopic (exact) mass is 1250 g/mol. The number of phenolic OH excluding ortho intramolecular Hbond substituents is 2. The summed E-state index contributed by atoms with van der Waals surface area (Å²) in [6, 6.07) is 25.6. The number of hydrogen-bond acceptors (Lipinski definition) is 10. The molecule has 3 amide bonds. The smallest absolute Gasteiger partial charge is 0.508 e. The van der Waals surface area contributed by atoms with E-state index in [-0.39, 0.29) is 124 Å². The second-order valence-corrected chi connectivity index (χ2v) is 16.5. The Labute approximate surface area is 482 Å². The van der Waals surface area contributed by atoms with Crippen molar-refractivity contribution in [3.63, 3.8) is 0 Å². The molecule has 0 fully saturated rings. The molecule has 416 valence electrons. The van der Waals surface area contributed by atoms with Gasteiger partial charge in [-0.1, -0.05) is 103 Å². The van der Waals surface area contributed by atoms with Crippen molar-refractivity contribution >= 4 is 58.8 Å². The molecule has 14 nitrogen and oxygen atoms in total. The molecule has 6 rings (SSSR count). The third kappa shape index (κ3) is 37.9. The molecular weight excluding hydrogens is 1180 g/mol. The maximum Gasteiger partial charge on any atom is 2.00 e. The number of phenols is 2. The molecule has 6 N–H and O–H groups in total. The number of halogens is 2. The summed E-state index contributed by atoms with van der Waals surface area (Å²) in [5, 5.41) is 36.3. The van der Waals surface area contributed by atoms with Crippen molar-refractivity contribution < 1.29 is 92.5 Å². The van der Waals surface area contributed by atoms with Crippen LogP contribution in [0.25, 0.3) is 0 Å². The minimum atomic E-state index is -0.930. The van der Waals surface area contributed by atoms with E-state index in [9.17, 15) is 39.0 Å². The van der Waals surface area contributed by atoms with Crippen molar-refractivity contribution in [2.45, 2.75) is 102 Å². The number of rotatable bonds is 17. The van der Waals surface area contributed by atoms with E-state index in [1.807, 2.05) is 24.3 Å². The van der Waals surface area contributed by atoms with E-state index in [0.717, 1.165) is 16.7 Å². The molecule has 0 aromatic heterocycles. The van der Waals surface area contributed by atoms with Crippen molar-refractivity contribution in [1.29, 1.82) is 0 Å². The van der Waals surface area contributed by atoms with Crippen LogP contribution in [0.5, 0.6) is 11.5 Å². The Kier molecular flexibility index (Phi) is 49.3. The standard InChI is InChI=1S/C21H23ClN2O5.C13H17NO4.C9H9ClO2.2C5H8.4CH3.2Ru/c1-29-21(28)18(12-15-3-2-4-17(25)11-15)24-20(27)13-23-19(26)10-7-14-5-8-16(22)9-6-14;1-3-12(16)14-11(13(17)18-2)8-9-5-4-6-10(15)7-9;10-8-4-1-7(2-5-8)3-6-9(11)12;2*1-2-4-5-3-1;;;;;;/h2-6,8-9,11,18,25H,7,10,12-13H2,1H3,(H,23,26)(H,24,27);4-7,11,15H,3,8H2,1-2H3,(H,14,16);1-2,4-5H,3,6H2,(H,11,12);2*1-2H,3-5H2;4*1H3;;/q;;;;;4*-1;2*+2. The van der Waals surface area contributed by atoms with Crippen LogP contribution in [0.4, 0.5) is 0 Å². The van der Waals surface area contributed by atoms with Gasteiger partial charge in [-0.25, -0.2) is 9.59 Å². The number of methoxy groups -OCH3 is 2. The summed E-state index contributed by atoms with van der Waals surface area (Å²) in [5.41, 5.74) is 3.38. The fraction of sp³-hybridized carbons (Fsp3) is 0.333. The third-order valence-electron chi connectivity index (χ3n) is 10.0. The third-order valence-corrected chi connectivity index (χ3v) is 10.5. The Bertz CT molecular complexity index is 2240. The topological polar surface area (TPSA) is 218 Å². The number of nitrogens with one attached hydrogen (secondary N) is 3. The molecular formula is C57H77Cl2N3O11Ru2. The second-order valence-electron chi connectivity index (χ2n) is 15.6. The van der Waals surface area contributed by atoms with Crippen molar-refractivity contribution in [1.82, 2.24) is 16.0 Å². The van der Waals surface area contributed by atoms with Crippen molar-refractivity contribution in [2.24, 2.45) is 0 Å². The number of carbonyl (C=O) groups is 6. The van der Waals surface area contributed by atoms with Crippen LogP contribution < -0.4 is 16.0 Å². The van der Waals surface area contributed by atoms with Gasteiger partial charge in [0.25, 0.3) is 0 Å². The van der Waals surface area contributed by atoms with Gasteiger partial charge in [0.2, 0.25) is 17.7 Å². The molecule has 0 spiro atoms. The van der Waals surface area contributed by atoms with Crippen molar-refractivity contribution in [2.75, 3.05) is 20.8 Å². The fourth-order valence-corrected chi connectivity index (χ4v) is 6.56. The summed E-state index contributed by atoms with van der Waals surface area (Å²) in [6.07, 6.45) is 19.2. The zero-order valence-corrected chi connectivity index (χ0v) is 49.2. The van der Waals surface area contributed by atoms with E-state index in [0.29, 0.717) is 34.9 Å². The van der Waals surface area contributed by atoms with Gasteiger partial charge in [0.1, 0.15) is 23.6 Å². The number of esters is 2. The van der Waals surface area contributed by atoms with Crippen molar-refractivity contribution in [3.05, 3.63) is 183 Å². The number of aryl methyl sites for hydroxylation is 2. The van der Waals surface area contributed by atoms with Crippen molar-refractivity contribution in [3.8, 4) is 11.5 Å². The number of aromatic hydroxyl groups is 2. The van der Waals surface area contributed by atoms with E-state index in [4.69, 9.17) is 33.0 Å². The van der Waals surface area contributed by atoms with Gasteiger partial charge in [0, 0.05) is 42.1 Å². The minimum Gasteiger partial charge on any atom is -0.508 e. The molecule has 0 saturated carbocycles. The first-order chi connectivity index (χ1) is 33.1. The summed E-state index contributed by atoms with van der Waals surface area (Å²) in [6.45, 7) is 1.45. The molecule has 0 aliphatic heterocycles. The SMILES string of the molecule is C1=CCCC1.C1=CCCC1.CCC(=O)NC(Cc1cccc(O)c1)C(=O)OC.COC(=O)C(Cc1cccc(O)c1)NC(=O)CNC(=O)CCc1ccc(Cl)cc1.O=C(O)CCc1ccc(Cl)cc1.[CH3-].[CH3-].[CH3-].[CH3-].[Ru+2].[Ru+2]. The van der Waals surface area contributed by atoms with E-state index in [1.165, 1.54) is 64.9 Å². The molecule has 0 heterocycles. The van der Waals surface area contributed by atoms with E-state index in [2.05, 4.69) is 45.0 Å². The number of ether oxygens (including phenoxy) is 2. The van der Waals surface area contributed by atoms with Gasteiger partial charge >= 0.3 is 56.9 Å². The van der Waals surface area contributed by atoms with Gasteiger partial charge < -0.3 is 70.5 Å². The number of aliphatic carboxylic acids is 1. The maximum atomic E-state index is 12.1. The van der Waals surface area contributed by atoms with Crippen LogP contribution in [-0.4, -0.2) is 83.8 Å². The average Bonchev–Trinajstić information content (AvgIpc) is 4.14. The van der Waals surface area contributed by atoms with Crippen LogP contribution in [-0.2, 0) is 103 Å². The Morgan fingerprint density at radius 3 is 1.24 bits per heavy atom. The van der Waals surface area contributed by atoms with Crippen LogP contribution in [0.1, 0.15) is 87.0 Å². The minimum absolute atomic E-state index is 0. The normalized spacial score (nSPS) is 11.5. The zero-order valence-electron chi connectivity index (χ0n) is 44.2. The number of hydrogen-bond donors (Lipinski definition) is 6. The van der Waals surface area contributed by atoms with Crippen LogP contribution in [0.2, 0.25) is 10.0 Å². The Balaban J connectivity index is -0.000000304. The van der Waals surface area contributed by atoms with Crippen LogP contribution in [0, 0.1) is 29.7 Å². The van der Waals surface area contributed by atoms with Gasteiger partial charge in [-0.05, 0) is 122 Å². The molecule has 0 radical (unpaired) electrons. The number of benzene rings is 4. The number of carboxylic acid groups (broad SMARTS) is 1. The quantitative estimate of drug-likeness (QED) is 0.0253. The summed E-state index contributed by atoms with van der Waals surface area (Å²) >= 11 is 11.5. The molecule has 18 heteroatoms. The van der Waals surface area contributed by atoms with E-state index < -0.39 is 35.9 Å². The Hall–Kier alpha value is -5.39. The Morgan fingerprint density at radius 2 is 0.920 bits per heavy atom. The van der Waals surface area contributed by atoms with Crippen LogP contribution in [0.15, 0.2) is 121 Å². The molecule has 2 unspecified atom stereocenters. The Morgan fingerprint density at radius 1 is 0.547 bits per heavy atom. The molecule has 4 aromatic rings.